The summed E-state index contributed by atoms with van der Waals surface area (Å²) in [7, 11) is 0. The molecule has 2 aliphatic rings. The van der Waals surface area contributed by atoms with E-state index in [1.807, 2.05) is 6.07 Å². The molecule has 1 aromatic heterocycles. The van der Waals surface area contributed by atoms with E-state index in [1.54, 1.807) is 4.90 Å². The highest BCUT2D eigenvalue weighted by Gasteiger charge is 2.37. The van der Waals surface area contributed by atoms with Gasteiger partial charge in [-0.1, -0.05) is 17.7 Å². The van der Waals surface area contributed by atoms with Crippen LogP contribution in [0.15, 0.2) is 30.4 Å². The van der Waals surface area contributed by atoms with Crippen molar-refractivity contribution in [3.05, 3.63) is 58.1 Å². The first-order chi connectivity index (χ1) is 18.3. The fourth-order valence-corrected chi connectivity index (χ4v) is 6.23. The molecule has 0 bridgehead atoms. The first kappa shape index (κ1) is 25.9. The summed E-state index contributed by atoms with van der Waals surface area (Å²) < 4.78 is 48.6. The summed E-state index contributed by atoms with van der Waals surface area (Å²) in [6.07, 6.45) is 2.65. The number of anilines is 1. The van der Waals surface area contributed by atoms with Crippen LogP contribution in [0.2, 0.25) is 5.02 Å². The van der Waals surface area contributed by atoms with Crippen LogP contribution < -0.4 is 10.5 Å². The smallest absolute Gasteiger partial charge is 0.258 e. The molecule has 0 saturated carbocycles. The number of allylic oxidation sites excluding steroid dienone is 1. The number of hydrogen-bond acceptors (Lipinski definition) is 6. The lowest BCUT2D eigenvalue weighted by atomic mass is 9.95. The van der Waals surface area contributed by atoms with E-state index in [4.69, 9.17) is 22.1 Å². The molecule has 3 aromatic rings. The van der Waals surface area contributed by atoms with Gasteiger partial charge in [-0.3, -0.25) is 9.59 Å². The molecule has 196 valence electrons. The fraction of sp³-hybridized carbons (Fsp3) is 0.269. The number of benzene rings is 2. The third-order valence-electron chi connectivity index (χ3n) is 6.71. The van der Waals surface area contributed by atoms with Gasteiger partial charge in [0.1, 0.15) is 29.4 Å². The number of fused-ring (bicyclic) bond motifs is 3. The number of ether oxygens (including phenoxy) is 1. The lowest BCUT2D eigenvalue weighted by Crippen LogP contribution is -2.57. The molecule has 2 amide bonds. The fourth-order valence-electron chi connectivity index (χ4n) is 4.93. The Morgan fingerprint density at radius 1 is 1.29 bits per heavy atom. The molecule has 0 aliphatic carbocycles. The van der Waals surface area contributed by atoms with Gasteiger partial charge in [0.15, 0.2) is 5.75 Å². The molecule has 0 unspecified atom stereocenters. The second-order valence-electron chi connectivity index (χ2n) is 8.81. The summed E-state index contributed by atoms with van der Waals surface area (Å²) >= 11 is 7.53. The van der Waals surface area contributed by atoms with E-state index < -0.39 is 30.3 Å². The Balaban J connectivity index is 1.56. The number of nitrogen functional groups attached to an aromatic ring is 1. The zero-order valence-electron chi connectivity index (χ0n) is 19.8. The van der Waals surface area contributed by atoms with Gasteiger partial charge in [-0.15, -0.1) is 11.3 Å². The van der Waals surface area contributed by atoms with Gasteiger partial charge in [0.25, 0.3) is 5.91 Å². The molecule has 12 heteroatoms. The number of carbonyl (C=O) groups is 2. The quantitative estimate of drug-likeness (QED) is 0.459. The predicted molar refractivity (Wildman–Crippen MR) is 138 cm³/mol. The van der Waals surface area contributed by atoms with Gasteiger partial charge in [-0.25, -0.2) is 13.2 Å². The highest BCUT2D eigenvalue weighted by Crippen LogP contribution is 2.47. The van der Waals surface area contributed by atoms with Crippen LogP contribution in [0.4, 0.5) is 18.2 Å². The Labute approximate surface area is 224 Å². The third kappa shape index (κ3) is 4.23. The number of carbonyl (C=O) groups excluding carboxylic acids is 2. The summed E-state index contributed by atoms with van der Waals surface area (Å²) in [4.78, 5) is 28.9. The number of nitrogens with two attached hydrogens (primary N) is 1. The van der Waals surface area contributed by atoms with E-state index in [0.717, 1.165) is 35.6 Å². The van der Waals surface area contributed by atoms with Crippen LogP contribution in [-0.4, -0.2) is 60.6 Å². The van der Waals surface area contributed by atoms with Crippen molar-refractivity contribution in [1.82, 2.24) is 9.80 Å². The van der Waals surface area contributed by atoms with Crippen LogP contribution in [0.5, 0.6) is 5.75 Å². The summed E-state index contributed by atoms with van der Waals surface area (Å²) in [5.41, 5.74) is 5.87. The zero-order chi connectivity index (χ0) is 27.1. The second-order valence-corrected chi connectivity index (χ2v) is 10.2. The van der Waals surface area contributed by atoms with Crippen molar-refractivity contribution >= 4 is 49.8 Å². The summed E-state index contributed by atoms with van der Waals surface area (Å²) in [5.74, 6) is -2.34. The Kier molecular flexibility index (Phi) is 6.94. The highest BCUT2D eigenvalue weighted by molar-refractivity contribution is 7.23. The van der Waals surface area contributed by atoms with Crippen LogP contribution in [0.3, 0.4) is 0 Å². The molecule has 1 fully saturated rings. The average Bonchev–Trinajstić information content (AvgIpc) is 3.25. The largest absolute Gasteiger partial charge is 0.491 e. The van der Waals surface area contributed by atoms with Crippen LogP contribution in [-0.2, 0) is 4.79 Å². The van der Waals surface area contributed by atoms with Gasteiger partial charge in [-0.05, 0) is 23.8 Å². The molecule has 5 rings (SSSR count). The molecule has 1 atom stereocenters. The number of nitrogens with zero attached hydrogens (tertiary/aromatic N) is 3. The summed E-state index contributed by atoms with van der Waals surface area (Å²) in [6.45, 7) is -0.00214. The normalized spacial score (nSPS) is 17.6. The Morgan fingerprint density at radius 3 is 2.82 bits per heavy atom. The van der Waals surface area contributed by atoms with E-state index >= 15 is 4.39 Å². The number of piperazine rings is 1. The number of alkyl halides is 1. The maximum atomic E-state index is 15.7. The van der Waals surface area contributed by atoms with Crippen molar-refractivity contribution in [3.8, 4) is 22.9 Å². The molecule has 1 saturated heterocycles. The lowest BCUT2D eigenvalue weighted by molar-refractivity contribution is -0.128. The molecular formula is C26H20ClF3N4O3S. The van der Waals surface area contributed by atoms with Gasteiger partial charge in [0.05, 0.1) is 33.5 Å². The second kappa shape index (κ2) is 10.2. The minimum absolute atomic E-state index is 0.00956. The monoisotopic (exact) mass is 560 g/mol. The first-order valence-electron chi connectivity index (χ1n) is 11.6. The molecule has 7 nitrogen and oxygen atoms in total. The molecule has 0 radical (unpaired) electrons. The van der Waals surface area contributed by atoms with Gasteiger partial charge in [-0.2, -0.15) is 5.26 Å². The maximum absolute atomic E-state index is 15.7. The molecule has 0 spiro atoms. The maximum Gasteiger partial charge on any atom is 0.258 e. The van der Waals surface area contributed by atoms with Gasteiger partial charge in [0.2, 0.25) is 5.91 Å². The molecular weight excluding hydrogens is 541 g/mol. The van der Waals surface area contributed by atoms with Gasteiger partial charge >= 0.3 is 0 Å². The Bertz CT molecular complexity index is 1550. The van der Waals surface area contributed by atoms with Crippen LogP contribution >= 0.6 is 22.9 Å². The van der Waals surface area contributed by atoms with E-state index in [-0.39, 0.29) is 80.3 Å². The van der Waals surface area contributed by atoms with Crippen LogP contribution in [0.1, 0.15) is 22.3 Å². The third-order valence-corrected chi connectivity index (χ3v) is 8.09. The Hall–Kier alpha value is -3.75. The standard InChI is InChI=1S/C26H20ClF3N4O3S/c27-22-21(14-3-4-17(29)24-20(14)16(11-31)25(32)38-24)18(30)10-15-23(22)37-9-5-13-12-33(19(35)2-1-6-28)7-8-34(13)26(15)36/h1-4,10,13H,5-9,12,32H2/b2-1+/t13-/m0/s1. The van der Waals surface area contributed by atoms with Crippen molar-refractivity contribution in [2.45, 2.75) is 12.5 Å². The van der Waals surface area contributed by atoms with Crippen molar-refractivity contribution in [2.75, 3.05) is 38.6 Å². The number of halogens is 4. The summed E-state index contributed by atoms with van der Waals surface area (Å²) in [6, 6.07) is 5.04. The predicted octanol–water partition coefficient (Wildman–Crippen LogP) is 4.91. The molecule has 2 aromatic carbocycles. The molecule has 3 heterocycles. The molecule has 2 aliphatic heterocycles. The van der Waals surface area contributed by atoms with E-state index in [9.17, 15) is 23.6 Å². The van der Waals surface area contributed by atoms with Gasteiger partial charge in [0, 0.05) is 43.1 Å². The highest BCUT2D eigenvalue weighted by atomic mass is 35.5. The zero-order valence-corrected chi connectivity index (χ0v) is 21.3. The number of hydrogen-bond donors (Lipinski definition) is 1. The average molecular weight is 561 g/mol. The first-order valence-corrected chi connectivity index (χ1v) is 12.8. The van der Waals surface area contributed by atoms with Crippen molar-refractivity contribution in [3.63, 3.8) is 0 Å². The van der Waals surface area contributed by atoms with Crippen molar-refractivity contribution in [2.24, 2.45) is 0 Å². The van der Waals surface area contributed by atoms with E-state index in [0.29, 0.717) is 6.42 Å². The number of thiophene rings is 1. The van der Waals surface area contributed by atoms with Crippen LogP contribution in [0.25, 0.3) is 21.2 Å². The van der Waals surface area contributed by atoms with E-state index in [1.165, 1.54) is 11.0 Å². The van der Waals surface area contributed by atoms with E-state index in [2.05, 4.69) is 0 Å². The summed E-state index contributed by atoms with van der Waals surface area (Å²) in [5, 5.41) is 9.66. The van der Waals surface area contributed by atoms with Crippen molar-refractivity contribution < 1.29 is 27.5 Å². The lowest BCUT2D eigenvalue weighted by Gasteiger charge is -2.42. The SMILES string of the molecule is N#Cc1c(N)sc2c(F)ccc(-c3c(F)cc4c(c3Cl)OCC[C@H]3CN(C(=O)/C=C/CF)CCN3C4=O)c12. The minimum Gasteiger partial charge on any atom is -0.491 e. The number of nitriles is 1. The number of amides is 2. The Morgan fingerprint density at radius 2 is 2.08 bits per heavy atom. The van der Waals surface area contributed by atoms with Crippen molar-refractivity contribution in [1.29, 1.82) is 5.26 Å². The van der Waals surface area contributed by atoms with Gasteiger partial charge < -0.3 is 20.3 Å². The topological polar surface area (TPSA) is 99.7 Å². The minimum atomic E-state index is -0.852. The van der Waals surface area contributed by atoms with Crippen LogP contribution in [0, 0.1) is 23.0 Å². The molecule has 38 heavy (non-hydrogen) atoms. The number of rotatable bonds is 3. The molecule has 2 N–H and O–H groups in total.